The molecule has 0 spiro atoms. The molecule has 0 aliphatic rings. The predicted molar refractivity (Wildman–Crippen MR) is 86.7 cm³/mol. The first kappa shape index (κ1) is 19.1. The largest absolute Gasteiger partial charge is 0.394 e. The molecule has 0 bridgehead atoms. The monoisotopic (exact) mass is 288 g/mol. The summed E-state index contributed by atoms with van der Waals surface area (Å²) < 4.78 is 12.7. The van der Waals surface area contributed by atoms with Crippen molar-refractivity contribution in [2.45, 2.75) is 86.4 Å². The van der Waals surface area contributed by atoms with Crippen LogP contribution >= 0.6 is 0 Å². The van der Waals surface area contributed by atoms with Crippen LogP contribution in [0.15, 0.2) is 0 Å². The van der Waals surface area contributed by atoms with E-state index in [1.54, 1.807) is 0 Å². The Bertz CT molecular complexity index is 229. The van der Waals surface area contributed by atoms with Gasteiger partial charge in [0.1, 0.15) is 0 Å². The molecule has 0 heterocycles. The van der Waals surface area contributed by atoms with Crippen molar-refractivity contribution in [1.82, 2.24) is 0 Å². The molecule has 1 atom stereocenters. The standard InChI is InChI=1S/C16H36O2Si/c1-9-19(10-2,17-13-11-12-14(3)4)18-15(5)16(6,7)8/h14-15H,9-13H2,1-8H3. The van der Waals surface area contributed by atoms with E-state index in [-0.39, 0.29) is 11.5 Å². The lowest BCUT2D eigenvalue weighted by Crippen LogP contribution is -2.46. The van der Waals surface area contributed by atoms with Crippen molar-refractivity contribution in [3.05, 3.63) is 0 Å². The molecule has 0 aromatic rings. The average Bonchev–Trinajstić information content (AvgIpc) is 2.31. The van der Waals surface area contributed by atoms with Crippen molar-refractivity contribution >= 4 is 8.56 Å². The van der Waals surface area contributed by atoms with Gasteiger partial charge in [0.05, 0.1) is 0 Å². The fraction of sp³-hybridized carbons (Fsp3) is 1.00. The van der Waals surface area contributed by atoms with Crippen LogP contribution < -0.4 is 0 Å². The van der Waals surface area contributed by atoms with Gasteiger partial charge in [-0.25, -0.2) is 0 Å². The highest BCUT2D eigenvalue weighted by atomic mass is 28.4. The second-order valence-electron chi connectivity index (χ2n) is 7.13. The first-order chi connectivity index (χ1) is 8.67. The van der Waals surface area contributed by atoms with Crippen molar-refractivity contribution in [3.8, 4) is 0 Å². The van der Waals surface area contributed by atoms with E-state index < -0.39 is 8.56 Å². The zero-order valence-electron chi connectivity index (χ0n) is 14.5. The van der Waals surface area contributed by atoms with Crippen LogP contribution in [-0.4, -0.2) is 21.3 Å². The first-order valence-corrected chi connectivity index (χ1v) is 10.2. The van der Waals surface area contributed by atoms with E-state index in [2.05, 4.69) is 55.4 Å². The molecule has 0 rings (SSSR count). The fourth-order valence-electron chi connectivity index (χ4n) is 1.90. The molecule has 0 fully saturated rings. The summed E-state index contributed by atoms with van der Waals surface area (Å²) in [6.07, 6.45) is 2.65. The Hall–Kier alpha value is 0.137. The molecule has 0 saturated carbocycles. The van der Waals surface area contributed by atoms with E-state index in [0.29, 0.717) is 0 Å². The molecule has 2 nitrogen and oxygen atoms in total. The lowest BCUT2D eigenvalue weighted by atomic mass is 9.91. The Morgan fingerprint density at radius 2 is 1.53 bits per heavy atom. The molecule has 1 unspecified atom stereocenters. The summed E-state index contributed by atoms with van der Waals surface area (Å²) in [5.74, 6) is 0.761. The van der Waals surface area contributed by atoms with E-state index in [0.717, 1.165) is 31.0 Å². The summed E-state index contributed by atoms with van der Waals surface area (Å²) in [6, 6.07) is 2.09. The molecule has 0 saturated heterocycles. The van der Waals surface area contributed by atoms with Gasteiger partial charge < -0.3 is 8.85 Å². The maximum absolute atomic E-state index is 6.42. The highest BCUT2D eigenvalue weighted by Gasteiger charge is 2.38. The highest BCUT2D eigenvalue weighted by molar-refractivity contribution is 6.67. The van der Waals surface area contributed by atoms with Crippen LogP contribution in [-0.2, 0) is 8.85 Å². The van der Waals surface area contributed by atoms with Crippen LogP contribution in [0.5, 0.6) is 0 Å². The minimum atomic E-state index is -1.99. The molecule has 0 aliphatic heterocycles. The zero-order chi connectivity index (χ0) is 15.1. The second-order valence-corrected chi connectivity index (χ2v) is 10.9. The molecule has 0 N–H and O–H groups in total. The van der Waals surface area contributed by atoms with Gasteiger partial charge in [-0.2, -0.15) is 0 Å². The van der Waals surface area contributed by atoms with Gasteiger partial charge in [0, 0.05) is 12.7 Å². The summed E-state index contributed by atoms with van der Waals surface area (Å²) in [6.45, 7) is 18.7. The molecule has 3 heteroatoms. The van der Waals surface area contributed by atoms with E-state index in [9.17, 15) is 0 Å². The normalized spacial score (nSPS) is 15.0. The average molecular weight is 289 g/mol. The molecular formula is C16H36O2Si. The third-order valence-corrected chi connectivity index (χ3v) is 7.65. The van der Waals surface area contributed by atoms with E-state index in [1.165, 1.54) is 6.42 Å². The quantitative estimate of drug-likeness (QED) is 0.419. The van der Waals surface area contributed by atoms with Gasteiger partial charge >= 0.3 is 8.56 Å². The van der Waals surface area contributed by atoms with E-state index >= 15 is 0 Å². The molecule has 0 radical (unpaired) electrons. The van der Waals surface area contributed by atoms with Crippen LogP contribution in [0.3, 0.4) is 0 Å². The smallest absolute Gasteiger partial charge is 0.337 e. The van der Waals surface area contributed by atoms with Crippen molar-refractivity contribution < 1.29 is 8.85 Å². The Morgan fingerprint density at radius 3 is 1.89 bits per heavy atom. The Morgan fingerprint density at radius 1 is 1.00 bits per heavy atom. The number of hydrogen-bond donors (Lipinski definition) is 0. The maximum Gasteiger partial charge on any atom is 0.337 e. The van der Waals surface area contributed by atoms with Gasteiger partial charge in [0.2, 0.25) is 0 Å². The summed E-state index contributed by atoms with van der Waals surface area (Å²) in [5.41, 5.74) is 0.184. The SMILES string of the molecule is CC[Si](CC)(OCCCC(C)C)OC(C)C(C)(C)C. The van der Waals surface area contributed by atoms with Crippen LogP contribution in [0.4, 0.5) is 0 Å². The summed E-state index contributed by atoms with van der Waals surface area (Å²) >= 11 is 0. The number of rotatable bonds is 9. The van der Waals surface area contributed by atoms with Crippen molar-refractivity contribution in [3.63, 3.8) is 0 Å². The minimum absolute atomic E-state index is 0.184. The summed E-state index contributed by atoms with van der Waals surface area (Å²) in [4.78, 5) is 0. The van der Waals surface area contributed by atoms with E-state index in [4.69, 9.17) is 8.85 Å². The van der Waals surface area contributed by atoms with Gasteiger partial charge in [-0.05, 0) is 43.2 Å². The molecular weight excluding hydrogens is 252 g/mol. The molecule has 19 heavy (non-hydrogen) atoms. The molecule has 0 aromatic heterocycles. The molecule has 116 valence electrons. The third-order valence-electron chi connectivity index (χ3n) is 3.98. The third kappa shape index (κ3) is 7.47. The van der Waals surface area contributed by atoms with Gasteiger partial charge in [-0.15, -0.1) is 0 Å². The molecule has 0 aliphatic carbocycles. The van der Waals surface area contributed by atoms with Gasteiger partial charge in [-0.3, -0.25) is 0 Å². The number of hydrogen-bond acceptors (Lipinski definition) is 2. The van der Waals surface area contributed by atoms with Crippen LogP contribution in [0.2, 0.25) is 12.1 Å². The van der Waals surface area contributed by atoms with Crippen molar-refractivity contribution in [2.75, 3.05) is 6.61 Å². The fourth-order valence-corrected chi connectivity index (χ4v) is 4.73. The van der Waals surface area contributed by atoms with E-state index in [1.807, 2.05) is 0 Å². The van der Waals surface area contributed by atoms with Crippen LogP contribution in [0, 0.1) is 11.3 Å². The van der Waals surface area contributed by atoms with Crippen molar-refractivity contribution in [2.24, 2.45) is 11.3 Å². The van der Waals surface area contributed by atoms with Crippen molar-refractivity contribution in [1.29, 1.82) is 0 Å². The van der Waals surface area contributed by atoms with Gasteiger partial charge in [0.15, 0.2) is 0 Å². The highest BCUT2D eigenvalue weighted by Crippen LogP contribution is 2.29. The topological polar surface area (TPSA) is 18.5 Å². The second kappa shape index (κ2) is 8.43. The Labute approximate surface area is 122 Å². The first-order valence-electron chi connectivity index (χ1n) is 7.98. The summed E-state index contributed by atoms with van der Waals surface area (Å²) in [5, 5.41) is 0. The van der Waals surface area contributed by atoms with Gasteiger partial charge in [-0.1, -0.05) is 48.5 Å². The Balaban J connectivity index is 4.41. The minimum Gasteiger partial charge on any atom is -0.394 e. The van der Waals surface area contributed by atoms with Crippen LogP contribution in [0.25, 0.3) is 0 Å². The van der Waals surface area contributed by atoms with Crippen LogP contribution in [0.1, 0.15) is 68.2 Å². The van der Waals surface area contributed by atoms with Gasteiger partial charge in [0.25, 0.3) is 0 Å². The lowest BCUT2D eigenvalue weighted by molar-refractivity contribution is 0.0514. The predicted octanol–water partition coefficient (Wildman–Crippen LogP) is 5.37. The Kier molecular flexibility index (Phi) is 8.49. The molecule has 0 amide bonds. The maximum atomic E-state index is 6.42. The lowest BCUT2D eigenvalue weighted by Gasteiger charge is -2.37. The summed E-state index contributed by atoms with van der Waals surface area (Å²) in [7, 11) is -1.99. The molecule has 0 aromatic carbocycles. The zero-order valence-corrected chi connectivity index (χ0v) is 15.5.